The molecule has 38 heteroatoms. The first kappa shape index (κ1) is 109. The van der Waals surface area contributed by atoms with Crippen LogP contribution in [0.5, 0.6) is 5.75 Å². The van der Waals surface area contributed by atoms with Crippen molar-refractivity contribution >= 4 is 110 Å². The Hall–Kier alpha value is -10.9. The SMILES string of the molecule is CC(=O)N[C@@H](CC(C)C)C(=O)C(=O)[C@@H](NN[C@@H](Cc1ccccc1)C(=O)N[C@]1(C)CCCCCC/C=C/CCC[C@@](C)(C(=O)N[C@@H](CO)C(=O)CN[C@@H](C)C(=O)CCN[C@@H](C)C(=O)CN)NC(=O)[C@H](CC2CCC2)NC(=O)[C@H](CCC(N)=O)NCN[C@@H](C)C(=O)CC(=O)[C@H](Cc2c[nH]c3ccccc23)NN[C@@H](Cc2ccc(O)cc2)C(=O)C(=O)[C@H](CCC(=O)O)NC1=O)[C@@H](C)O. The van der Waals surface area contributed by atoms with Gasteiger partial charge < -0.3 is 79.4 Å². The van der Waals surface area contributed by atoms with Crippen LogP contribution < -0.4 is 86.3 Å². The number of aromatic nitrogens is 1. The third-order valence-corrected chi connectivity index (χ3v) is 23.8. The summed E-state index contributed by atoms with van der Waals surface area (Å²) in [4.78, 5) is 243. The number of para-hydroxylation sites is 1. The smallest absolute Gasteiger partial charge is 0.303 e. The summed E-state index contributed by atoms with van der Waals surface area (Å²) in [5.74, 6) is -15.0. The molecular formula is C93H137N17O21. The number of carbonyl (C=O) groups is 17. The van der Waals surface area contributed by atoms with Crippen molar-refractivity contribution in [2.75, 3.05) is 32.9 Å². The van der Waals surface area contributed by atoms with E-state index >= 15 is 24.0 Å². The highest BCUT2D eigenvalue weighted by atomic mass is 16.4. The summed E-state index contributed by atoms with van der Waals surface area (Å²) in [7, 11) is 0. The van der Waals surface area contributed by atoms with E-state index in [4.69, 9.17) is 11.5 Å². The number of primary amides is 1. The summed E-state index contributed by atoms with van der Waals surface area (Å²) < 4.78 is 0. The molecule has 0 saturated heterocycles. The number of rotatable bonds is 40. The second kappa shape index (κ2) is 54.8. The summed E-state index contributed by atoms with van der Waals surface area (Å²) in [5.41, 5.74) is 20.6. The molecule has 3 aromatic carbocycles. The molecular weight excluding hydrogens is 1690 g/mol. The predicted molar refractivity (Wildman–Crippen MR) is 487 cm³/mol. The topological polar surface area (TPSA) is 607 Å². The number of hydrazine groups is 2. The Morgan fingerprint density at radius 1 is 0.618 bits per heavy atom. The number of carboxylic acid groups (broad SMARTS) is 1. The molecule has 720 valence electrons. The number of aromatic amines is 1. The number of aliphatic carboxylic acids is 1. The maximum absolute atomic E-state index is 15.6. The maximum Gasteiger partial charge on any atom is 0.303 e. The van der Waals surface area contributed by atoms with Crippen LogP contribution in [0.2, 0.25) is 0 Å². The Labute approximate surface area is 764 Å². The molecule has 7 amide bonds. The zero-order chi connectivity index (χ0) is 96.7. The Bertz CT molecular complexity index is 4580. The molecule has 0 unspecified atom stereocenters. The zero-order valence-electron chi connectivity index (χ0n) is 76.6. The molecule has 4 aromatic rings. The molecule has 0 bridgehead atoms. The number of carbonyl (C=O) groups excluding carboxylic acids is 16. The minimum atomic E-state index is -2.06. The molecule has 0 radical (unpaired) electrons. The van der Waals surface area contributed by atoms with Gasteiger partial charge in [0.1, 0.15) is 41.0 Å². The fourth-order valence-corrected chi connectivity index (χ4v) is 15.3. The Morgan fingerprint density at radius 3 is 1.91 bits per heavy atom. The van der Waals surface area contributed by atoms with Gasteiger partial charge in [-0.3, -0.25) is 92.1 Å². The van der Waals surface area contributed by atoms with Crippen molar-refractivity contribution in [1.29, 1.82) is 0 Å². The van der Waals surface area contributed by atoms with Gasteiger partial charge in [-0.1, -0.05) is 125 Å². The highest BCUT2D eigenvalue weighted by Gasteiger charge is 2.44. The van der Waals surface area contributed by atoms with Gasteiger partial charge in [0, 0.05) is 56.5 Å². The van der Waals surface area contributed by atoms with E-state index in [0.717, 1.165) is 6.42 Å². The predicted octanol–water partition coefficient (Wildman–Crippen LogP) is 0.804. The number of benzene rings is 3. The van der Waals surface area contributed by atoms with Gasteiger partial charge in [-0.15, -0.1) is 0 Å². The third-order valence-electron chi connectivity index (χ3n) is 23.8. The fourth-order valence-electron chi connectivity index (χ4n) is 15.3. The Morgan fingerprint density at radius 2 is 1.27 bits per heavy atom. The largest absolute Gasteiger partial charge is 0.508 e. The van der Waals surface area contributed by atoms with Gasteiger partial charge in [0.25, 0.3) is 0 Å². The molecule has 15 atom stereocenters. The van der Waals surface area contributed by atoms with Crippen LogP contribution in [0.25, 0.3) is 10.9 Å². The van der Waals surface area contributed by atoms with Gasteiger partial charge in [0.15, 0.2) is 28.9 Å². The van der Waals surface area contributed by atoms with Gasteiger partial charge in [-0.25, -0.2) is 21.7 Å². The number of phenolic OH excluding ortho intramolecular Hbond substituents is 1. The molecule has 38 nitrogen and oxygen atoms in total. The number of allylic oxidation sites excluding steroid dienone is 2. The molecule has 1 aliphatic carbocycles. The molecule has 1 aromatic heterocycles. The van der Waals surface area contributed by atoms with E-state index in [0.29, 0.717) is 72.5 Å². The summed E-state index contributed by atoms with van der Waals surface area (Å²) >= 11 is 0. The van der Waals surface area contributed by atoms with Gasteiger partial charge in [0.2, 0.25) is 64.5 Å². The van der Waals surface area contributed by atoms with E-state index < -0.39 is 210 Å². The zero-order valence-corrected chi connectivity index (χ0v) is 76.6. The van der Waals surface area contributed by atoms with Gasteiger partial charge in [-0.05, 0) is 172 Å². The van der Waals surface area contributed by atoms with Crippen LogP contribution in [0.3, 0.4) is 0 Å². The van der Waals surface area contributed by atoms with E-state index in [1.54, 1.807) is 81.6 Å². The number of phenols is 1. The number of hydrogen-bond donors (Lipinski definition) is 21. The highest BCUT2D eigenvalue weighted by Crippen LogP contribution is 2.32. The monoisotopic (exact) mass is 1830 g/mol. The number of aromatic hydroxyl groups is 1. The highest BCUT2D eigenvalue weighted by molar-refractivity contribution is 6.42. The van der Waals surface area contributed by atoms with Crippen LogP contribution in [0.1, 0.15) is 207 Å². The lowest BCUT2D eigenvalue weighted by atomic mass is 9.80. The average molecular weight is 1830 g/mol. The minimum Gasteiger partial charge on any atom is -0.508 e. The van der Waals surface area contributed by atoms with Crippen molar-refractivity contribution in [3.63, 3.8) is 0 Å². The first-order valence-electron chi connectivity index (χ1n) is 45.3. The Kier molecular flexibility index (Phi) is 45.5. The van der Waals surface area contributed by atoms with Crippen LogP contribution in [0, 0.1) is 11.8 Å². The van der Waals surface area contributed by atoms with Gasteiger partial charge >= 0.3 is 5.97 Å². The molecule has 6 rings (SSSR count). The van der Waals surface area contributed by atoms with Crippen molar-refractivity contribution < 1.29 is 102 Å². The van der Waals surface area contributed by atoms with Crippen LogP contribution in [-0.4, -0.2) is 247 Å². The number of aliphatic hydroxyl groups is 2. The Balaban J connectivity index is 1.40. The van der Waals surface area contributed by atoms with Crippen molar-refractivity contribution in [3.8, 4) is 5.75 Å². The second-order valence-corrected chi connectivity index (χ2v) is 35.2. The molecule has 0 spiro atoms. The number of Topliss-reactive ketones (excluding diaryl/α,β-unsaturated/α-hetero) is 9. The number of ketones is 9. The van der Waals surface area contributed by atoms with Crippen molar-refractivity contribution in [2.24, 2.45) is 23.3 Å². The molecule has 2 aliphatic rings. The average Bonchev–Trinajstić information content (AvgIpc) is 1.68. The number of nitrogens with one attached hydrogen (secondary N) is 15. The second-order valence-electron chi connectivity index (χ2n) is 35.2. The lowest BCUT2D eigenvalue weighted by Crippen LogP contribution is -2.65. The fraction of sp³-hybridized carbons (Fsp3) is 0.581. The van der Waals surface area contributed by atoms with Crippen LogP contribution in [-0.2, 0) is 101 Å². The summed E-state index contributed by atoms with van der Waals surface area (Å²) in [6.07, 6.45) is 5.17. The van der Waals surface area contributed by atoms with Gasteiger partial charge in [0.05, 0.1) is 80.6 Å². The minimum absolute atomic E-state index is 0.0174. The number of carboxylic acids is 1. The summed E-state index contributed by atoms with van der Waals surface area (Å²) in [5, 5.41) is 71.0. The van der Waals surface area contributed by atoms with Crippen molar-refractivity contribution in [2.45, 2.75) is 300 Å². The first-order valence-corrected chi connectivity index (χ1v) is 45.3. The quantitative estimate of drug-likeness (QED) is 0.0127. The number of nitrogens with two attached hydrogens (primary N) is 2. The lowest BCUT2D eigenvalue weighted by molar-refractivity contribution is -0.143. The lowest BCUT2D eigenvalue weighted by Gasteiger charge is -2.35. The molecule has 2 heterocycles. The van der Waals surface area contributed by atoms with E-state index in [9.17, 15) is 78.0 Å². The first-order chi connectivity index (χ1) is 62.2. The number of fused-ring (bicyclic) bond motifs is 1. The summed E-state index contributed by atoms with van der Waals surface area (Å²) in [6.45, 7) is 11.6. The van der Waals surface area contributed by atoms with E-state index in [1.807, 2.05) is 12.2 Å². The van der Waals surface area contributed by atoms with E-state index in [-0.39, 0.29) is 126 Å². The maximum atomic E-state index is 15.6. The summed E-state index contributed by atoms with van der Waals surface area (Å²) in [6, 6.07) is 4.97. The van der Waals surface area contributed by atoms with E-state index in [2.05, 4.69) is 79.9 Å². The normalized spacial score (nSPS) is 23.0. The van der Waals surface area contributed by atoms with Gasteiger partial charge in [-0.2, -0.15) is 0 Å². The molecule has 131 heavy (non-hydrogen) atoms. The number of aliphatic hydroxyl groups excluding tert-OH is 2. The standard InChI is InChI=1S/C93H137N17O21/c1-54(2)43-70(101-59(7)113)84(124)86(126)82(58(6)112)110-109-73(46-60-25-18-17-19-26-60)89(129)106-92(8)40-22-15-13-11-10-12-14-16-23-41-93(9,91(131)104-74(52-111)79(119)51-97-55(3)75(115)39-42-96-57(5)78(118)49-94)105-88(128)72(45-61-27-24-28-61)102-87(127)68(35-37-80(95)120)100-53-99-56(4)76(116)48-77(117)69(47-63-50-98-66-30-21-20-29-65(63)66)107-108-71(44-62-31-33-64(114)34-32-62)85(125)83(123)67(103-90(92)130)36-38-81(121)122/h12,14,17-21,25-26,29-34,50,54-58,61,67-74,82,96-100,107-112,114H,10-11,13,15-16,22-24,27-28,35-49,51-53,94H2,1-9H3,(H2,95,120)(H,101,113)(H,102,127)(H,103,130)(H,104,131)(H,105,128)(H,106,129)(H,121,122)/b14-12+/t55-,56-,57-,58+,67-,68-,69-,70-,71-,72-,73-,74-,82-,92+,93-/m0/s1. The number of H-pyrrole nitrogens is 1. The van der Waals surface area contributed by atoms with Crippen LogP contribution >= 0.6 is 0 Å². The molecule has 1 aliphatic heterocycles. The van der Waals surface area contributed by atoms with E-state index in [1.165, 1.54) is 65.8 Å². The number of hydrogen-bond acceptors (Lipinski definition) is 29. The van der Waals surface area contributed by atoms with Crippen molar-refractivity contribution in [1.82, 2.24) is 79.9 Å². The molecule has 23 N–H and O–H groups in total. The van der Waals surface area contributed by atoms with Crippen LogP contribution in [0.4, 0.5) is 0 Å². The van der Waals surface area contributed by atoms with Crippen LogP contribution in [0.15, 0.2) is 97.2 Å². The third kappa shape index (κ3) is 36.3. The number of amides is 7. The van der Waals surface area contributed by atoms with Crippen molar-refractivity contribution in [3.05, 3.63) is 114 Å². The molecule has 1 saturated carbocycles. The molecule has 1 fully saturated rings.